The normalized spacial score (nSPS) is 12.7. The molecule has 128 valence electrons. The summed E-state index contributed by atoms with van der Waals surface area (Å²) in [7, 11) is 5.03. The van der Waals surface area contributed by atoms with E-state index in [4.69, 9.17) is 18.9 Å². The van der Waals surface area contributed by atoms with E-state index < -0.39 is 0 Å². The summed E-state index contributed by atoms with van der Waals surface area (Å²) < 4.78 is 36.4. The Labute approximate surface area is 140 Å². The fraction of sp³-hybridized carbons (Fsp3) is 0.333. The molecule has 24 heavy (non-hydrogen) atoms. The minimum Gasteiger partial charge on any atom is -0.493 e. The highest BCUT2D eigenvalue weighted by Crippen LogP contribution is 2.37. The van der Waals surface area contributed by atoms with Crippen molar-refractivity contribution in [2.45, 2.75) is 6.61 Å². The fourth-order valence-corrected chi connectivity index (χ4v) is 2.54. The number of para-hydroxylation sites is 1. The maximum absolute atomic E-state index is 14.0. The summed E-state index contributed by atoms with van der Waals surface area (Å²) >= 11 is 0. The van der Waals surface area contributed by atoms with Crippen molar-refractivity contribution in [2.75, 3.05) is 39.3 Å². The molecule has 5 nitrogen and oxygen atoms in total. The Kier molecular flexibility index (Phi) is 4.64. The van der Waals surface area contributed by atoms with Crippen LogP contribution in [0.4, 0.5) is 10.1 Å². The number of ether oxygens (including phenoxy) is 4. The summed E-state index contributed by atoms with van der Waals surface area (Å²) in [6, 6.07) is 8.61. The van der Waals surface area contributed by atoms with Crippen molar-refractivity contribution < 1.29 is 23.3 Å². The fourth-order valence-electron chi connectivity index (χ4n) is 2.54. The molecule has 0 saturated heterocycles. The molecule has 0 atom stereocenters. The summed E-state index contributed by atoms with van der Waals surface area (Å²) in [6.45, 7) is 1.31. The molecule has 0 aromatic heterocycles. The lowest BCUT2D eigenvalue weighted by Crippen LogP contribution is -2.17. The summed E-state index contributed by atoms with van der Waals surface area (Å²) in [5, 5.41) is 0. The van der Waals surface area contributed by atoms with Crippen LogP contribution in [0.2, 0.25) is 0 Å². The second kappa shape index (κ2) is 6.86. The van der Waals surface area contributed by atoms with E-state index in [0.29, 0.717) is 41.9 Å². The van der Waals surface area contributed by atoms with E-state index in [1.54, 1.807) is 25.1 Å². The van der Waals surface area contributed by atoms with Crippen molar-refractivity contribution in [3.8, 4) is 23.0 Å². The molecule has 0 saturated carbocycles. The van der Waals surface area contributed by atoms with Crippen molar-refractivity contribution in [3.63, 3.8) is 0 Å². The number of halogens is 1. The molecule has 2 aromatic carbocycles. The maximum atomic E-state index is 14.0. The van der Waals surface area contributed by atoms with Gasteiger partial charge >= 0.3 is 0 Å². The third-order valence-electron chi connectivity index (χ3n) is 3.75. The molecule has 3 rings (SSSR count). The Morgan fingerprint density at radius 3 is 2.67 bits per heavy atom. The summed E-state index contributed by atoms with van der Waals surface area (Å²) in [5.41, 5.74) is 1.30. The van der Waals surface area contributed by atoms with Crippen LogP contribution in [0.25, 0.3) is 0 Å². The molecule has 0 bridgehead atoms. The van der Waals surface area contributed by atoms with Gasteiger partial charge in [-0.2, -0.15) is 0 Å². The highest BCUT2D eigenvalue weighted by atomic mass is 19.1. The van der Waals surface area contributed by atoms with E-state index in [1.807, 2.05) is 18.2 Å². The Balaban J connectivity index is 1.85. The summed E-state index contributed by atoms with van der Waals surface area (Å²) in [4.78, 5) is 1.68. The van der Waals surface area contributed by atoms with E-state index in [1.165, 1.54) is 13.2 Å². The Morgan fingerprint density at radius 1 is 1.12 bits per heavy atom. The average Bonchev–Trinajstić information content (AvgIpc) is 2.60. The van der Waals surface area contributed by atoms with E-state index >= 15 is 0 Å². The minimum absolute atomic E-state index is 0.265. The minimum atomic E-state index is -0.363. The Morgan fingerprint density at radius 2 is 1.92 bits per heavy atom. The zero-order valence-corrected chi connectivity index (χ0v) is 14.0. The predicted octanol–water partition coefficient (Wildman–Crippen LogP) is 3.25. The summed E-state index contributed by atoms with van der Waals surface area (Å²) in [5.74, 6) is 1.86. The van der Waals surface area contributed by atoms with Crippen molar-refractivity contribution in [2.24, 2.45) is 0 Å². The van der Waals surface area contributed by atoms with Gasteiger partial charge in [-0.25, -0.2) is 4.39 Å². The molecule has 1 aliphatic rings. The first-order chi connectivity index (χ1) is 11.6. The standard InChI is InChI=1S/C18H20FNO4/c1-20(2)14-10-17(16(21-3)9-13(14)19)24-11-12-5-4-6-15-18(12)23-8-7-22-15/h4-6,9-10H,7-8,11H2,1-3H3. The van der Waals surface area contributed by atoms with E-state index in [-0.39, 0.29) is 12.4 Å². The van der Waals surface area contributed by atoms with Gasteiger partial charge in [0.25, 0.3) is 0 Å². The third-order valence-corrected chi connectivity index (χ3v) is 3.75. The SMILES string of the molecule is COc1cc(F)c(N(C)C)cc1OCc1cccc2c1OCCO2. The molecule has 6 heteroatoms. The molecule has 0 aliphatic carbocycles. The molecule has 1 aliphatic heterocycles. The lowest BCUT2D eigenvalue weighted by molar-refractivity contribution is 0.166. The lowest BCUT2D eigenvalue weighted by Gasteiger charge is -2.21. The molecule has 0 unspecified atom stereocenters. The van der Waals surface area contributed by atoms with Crippen molar-refractivity contribution >= 4 is 5.69 Å². The average molecular weight is 333 g/mol. The van der Waals surface area contributed by atoms with Crippen LogP contribution in [0, 0.1) is 5.82 Å². The van der Waals surface area contributed by atoms with Crippen LogP contribution in [-0.2, 0) is 6.61 Å². The van der Waals surface area contributed by atoms with Crippen molar-refractivity contribution in [1.82, 2.24) is 0 Å². The van der Waals surface area contributed by atoms with Crippen LogP contribution in [0.15, 0.2) is 30.3 Å². The second-order valence-electron chi connectivity index (χ2n) is 5.58. The number of hydrogen-bond acceptors (Lipinski definition) is 5. The molecule has 2 aromatic rings. The number of anilines is 1. The number of nitrogens with zero attached hydrogens (tertiary/aromatic N) is 1. The van der Waals surface area contributed by atoms with Crippen LogP contribution < -0.4 is 23.8 Å². The van der Waals surface area contributed by atoms with Gasteiger partial charge < -0.3 is 23.8 Å². The molecule has 0 spiro atoms. The van der Waals surface area contributed by atoms with Crippen molar-refractivity contribution in [1.29, 1.82) is 0 Å². The first-order valence-electron chi connectivity index (χ1n) is 7.65. The smallest absolute Gasteiger partial charge is 0.167 e. The predicted molar refractivity (Wildman–Crippen MR) is 89.0 cm³/mol. The topological polar surface area (TPSA) is 40.2 Å². The molecular weight excluding hydrogens is 313 g/mol. The number of fused-ring (bicyclic) bond motifs is 1. The van der Waals surface area contributed by atoms with Gasteiger partial charge in [0.05, 0.1) is 12.8 Å². The molecule has 0 N–H and O–H groups in total. The molecule has 1 heterocycles. The van der Waals surface area contributed by atoms with Crippen LogP contribution in [-0.4, -0.2) is 34.4 Å². The van der Waals surface area contributed by atoms with Gasteiger partial charge in [-0.3, -0.25) is 0 Å². The molecule has 0 amide bonds. The van der Waals surface area contributed by atoms with Crippen LogP contribution in [0.5, 0.6) is 23.0 Å². The lowest BCUT2D eigenvalue weighted by atomic mass is 10.2. The molecular formula is C18H20FNO4. The Hall–Kier alpha value is -2.63. The number of rotatable bonds is 5. The van der Waals surface area contributed by atoms with Gasteiger partial charge in [-0.05, 0) is 6.07 Å². The van der Waals surface area contributed by atoms with Gasteiger partial charge in [0, 0.05) is 31.8 Å². The van der Waals surface area contributed by atoms with Gasteiger partial charge in [0.2, 0.25) is 0 Å². The monoisotopic (exact) mass is 333 g/mol. The highest BCUT2D eigenvalue weighted by Gasteiger charge is 2.18. The van der Waals surface area contributed by atoms with E-state index in [0.717, 1.165) is 5.56 Å². The zero-order valence-electron chi connectivity index (χ0n) is 14.0. The zero-order chi connectivity index (χ0) is 17.1. The largest absolute Gasteiger partial charge is 0.493 e. The maximum Gasteiger partial charge on any atom is 0.167 e. The molecule has 0 radical (unpaired) electrons. The van der Waals surface area contributed by atoms with Gasteiger partial charge in [0.15, 0.2) is 23.0 Å². The van der Waals surface area contributed by atoms with Crippen LogP contribution in [0.3, 0.4) is 0 Å². The first-order valence-corrected chi connectivity index (χ1v) is 7.65. The quantitative estimate of drug-likeness (QED) is 0.840. The number of methoxy groups -OCH3 is 1. The van der Waals surface area contributed by atoms with Crippen molar-refractivity contribution in [3.05, 3.63) is 41.7 Å². The first kappa shape index (κ1) is 16.2. The van der Waals surface area contributed by atoms with Crippen LogP contribution in [0.1, 0.15) is 5.56 Å². The van der Waals surface area contributed by atoms with E-state index in [9.17, 15) is 4.39 Å². The van der Waals surface area contributed by atoms with Gasteiger partial charge in [0.1, 0.15) is 25.6 Å². The third kappa shape index (κ3) is 3.18. The number of hydrogen-bond donors (Lipinski definition) is 0. The highest BCUT2D eigenvalue weighted by molar-refractivity contribution is 5.57. The second-order valence-corrected chi connectivity index (χ2v) is 5.58. The van der Waals surface area contributed by atoms with E-state index in [2.05, 4.69) is 0 Å². The summed E-state index contributed by atoms with van der Waals surface area (Å²) in [6.07, 6.45) is 0. The Bertz CT molecular complexity index is 733. The number of benzene rings is 2. The van der Waals surface area contributed by atoms with Crippen LogP contribution >= 0.6 is 0 Å². The molecule has 0 fully saturated rings. The van der Waals surface area contributed by atoms with Gasteiger partial charge in [-0.15, -0.1) is 0 Å². The van der Waals surface area contributed by atoms with Gasteiger partial charge in [-0.1, -0.05) is 12.1 Å².